The van der Waals surface area contributed by atoms with Crippen molar-refractivity contribution in [2.75, 3.05) is 19.0 Å². The lowest BCUT2D eigenvalue weighted by Gasteiger charge is -2.16. The number of aryl methyl sites for hydroxylation is 1. The summed E-state index contributed by atoms with van der Waals surface area (Å²) in [6.45, 7) is 1.81. The van der Waals surface area contributed by atoms with Gasteiger partial charge in [0.15, 0.2) is 5.65 Å². The SMILES string of the molecule is Cc1nn(-c2cc(Cl)cc(Cl)c2)c2ncc(C(=O)O)c(N(C)C)c12. The molecule has 2 aromatic heterocycles. The molecule has 2 heterocycles. The number of pyridine rings is 1. The Bertz CT molecular complexity index is 946. The Hall–Kier alpha value is -2.31. The first-order chi connectivity index (χ1) is 11.3. The second-order valence-electron chi connectivity index (χ2n) is 5.54. The van der Waals surface area contributed by atoms with E-state index in [0.717, 1.165) is 0 Å². The number of carbonyl (C=O) groups is 1. The summed E-state index contributed by atoms with van der Waals surface area (Å²) in [6, 6.07) is 5.08. The molecule has 0 atom stereocenters. The number of carboxylic acid groups (broad SMARTS) is 1. The zero-order valence-corrected chi connectivity index (χ0v) is 14.7. The van der Waals surface area contributed by atoms with Crippen LogP contribution in [0.15, 0.2) is 24.4 Å². The molecule has 1 N–H and O–H groups in total. The van der Waals surface area contributed by atoms with Crippen molar-refractivity contribution in [1.82, 2.24) is 14.8 Å². The minimum absolute atomic E-state index is 0.124. The monoisotopic (exact) mass is 364 g/mol. The smallest absolute Gasteiger partial charge is 0.339 e. The van der Waals surface area contributed by atoms with E-state index < -0.39 is 5.97 Å². The van der Waals surface area contributed by atoms with Crippen LogP contribution in [0.2, 0.25) is 10.0 Å². The summed E-state index contributed by atoms with van der Waals surface area (Å²) in [7, 11) is 3.57. The first-order valence-electron chi connectivity index (χ1n) is 7.05. The molecule has 124 valence electrons. The average Bonchev–Trinajstić information content (AvgIpc) is 2.82. The first-order valence-corrected chi connectivity index (χ1v) is 7.80. The summed E-state index contributed by atoms with van der Waals surface area (Å²) < 4.78 is 1.61. The van der Waals surface area contributed by atoms with Gasteiger partial charge in [-0.3, -0.25) is 0 Å². The van der Waals surface area contributed by atoms with E-state index >= 15 is 0 Å². The Labute approximate surface area is 148 Å². The minimum Gasteiger partial charge on any atom is -0.478 e. The van der Waals surface area contributed by atoms with Crippen LogP contribution >= 0.6 is 23.2 Å². The third kappa shape index (κ3) is 2.68. The van der Waals surface area contributed by atoms with Gasteiger partial charge in [-0.15, -0.1) is 0 Å². The Morgan fingerprint density at radius 2 is 1.83 bits per heavy atom. The molecule has 0 aliphatic heterocycles. The molecule has 0 amide bonds. The number of aromatic carboxylic acids is 1. The van der Waals surface area contributed by atoms with E-state index in [9.17, 15) is 9.90 Å². The van der Waals surface area contributed by atoms with Crippen LogP contribution < -0.4 is 4.90 Å². The summed E-state index contributed by atoms with van der Waals surface area (Å²) in [6.07, 6.45) is 1.34. The maximum atomic E-state index is 11.5. The fraction of sp³-hybridized carbons (Fsp3) is 0.188. The van der Waals surface area contributed by atoms with E-state index in [2.05, 4.69) is 10.1 Å². The summed E-state index contributed by atoms with van der Waals surface area (Å²) in [4.78, 5) is 17.6. The Morgan fingerprint density at radius 3 is 2.38 bits per heavy atom. The quantitative estimate of drug-likeness (QED) is 0.765. The largest absolute Gasteiger partial charge is 0.478 e. The molecule has 3 aromatic rings. The molecule has 0 aliphatic carbocycles. The standard InChI is InChI=1S/C16H14Cl2N4O2/c1-8-13-14(21(2)3)12(16(23)24)7-19-15(13)22(20-8)11-5-9(17)4-10(18)6-11/h4-7H,1-3H3,(H,23,24). The van der Waals surface area contributed by atoms with Crippen molar-refractivity contribution in [2.24, 2.45) is 0 Å². The summed E-state index contributed by atoms with van der Waals surface area (Å²) in [5.74, 6) is -1.04. The summed E-state index contributed by atoms with van der Waals surface area (Å²) in [5, 5.41) is 15.6. The molecule has 6 nitrogen and oxygen atoms in total. The first kappa shape index (κ1) is 16.5. The van der Waals surface area contributed by atoms with Crippen LogP contribution in [0, 0.1) is 6.92 Å². The molecular weight excluding hydrogens is 351 g/mol. The van der Waals surface area contributed by atoms with Gasteiger partial charge in [0, 0.05) is 30.3 Å². The molecule has 24 heavy (non-hydrogen) atoms. The van der Waals surface area contributed by atoms with Crippen LogP contribution in [0.4, 0.5) is 5.69 Å². The normalized spacial score (nSPS) is 11.0. The predicted molar refractivity (Wildman–Crippen MR) is 94.9 cm³/mol. The Morgan fingerprint density at radius 1 is 1.21 bits per heavy atom. The third-order valence-corrected chi connectivity index (χ3v) is 4.05. The number of halogens is 2. The Kier molecular flexibility index (Phi) is 4.11. The van der Waals surface area contributed by atoms with E-state index in [4.69, 9.17) is 23.2 Å². The molecular formula is C16H14Cl2N4O2. The molecule has 0 saturated heterocycles. The molecule has 0 fully saturated rings. The van der Waals surface area contributed by atoms with Crippen LogP contribution in [0.5, 0.6) is 0 Å². The van der Waals surface area contributed by atoms with Crippen molar-refractivity contribution >= 4 is 45.9 Å². The molecule has 0 spiro atoms. The maximum Gasteiger partial charge on any atom is 0.339 e. The van der Waals surface area contributed by atoms with Gasteiger partial charge in [-0.1, -0.05) is 23.2 Å². The second kappa shape index (κ2) is 5.96. The lowest BCUT2D eigenvalue weighted by atomic mass is 10.1. The van der Waals surface area contributed by atoms with Gasteiger partial charge >= 0.3 is 5.97 Å². The summed E-state index contributed by atoms with van der Waals surface area (Å²) in [5.41, 5.74) is 2.55. The molecule has 3 rings (SSSR count). The minimum atomic E-state index is -1.04. The highest BCUT2D eigenvalue weighted by Gasteiger charge is 2.22. The molecule has 0 bridgehead atoms. The van der Waals surface area contributed by atoms with E-state index in [1.165, 1.54) is 6.20 Å². The summed E-state index contributed by atoms with van der Waals surface area (Å²) >= 11 is 12.1. The van der Waals surface area contributed by atoms with E-state index in [1.54, 1.807) is 41.9 Å². The lowest BCUT2D eigenvalue weighted by molar-refractivity contribution is 0.0697. The van der Waals surface area contributed by atoms with Crippen molar-refractivity contribution in [3.05, 3.63) is 45.7 Å². The second-order valence-corrected chi connectivity index (χ2v) is 6.42. The van der Waals surface area contributed by atoms with Gasteiger partial charge in [-0.25, -0.2) is 14.5 Å². The highest BCUT2D eigenvalue weighted by Crippen LogP contribution is 2.33. The van der Waals surface area contributed by atoms with Crippen LogP contribution in [0.1, 0.15) is 16.1 Å². The van der Waals surface area contributed by atoms with Gasteiger partial charge in [0.1, 0.15) is 5.56 Å². The topological polar surface area (TPSA) is 71.2 Å². The highest BCUT2D eigenvalue weighted by molar-refractivity contribution is 6.34. The fourth-order valence-corrected chi connectivity index (χ4v) is 3.21. The molecule has 0 unspecified atom stereocenters. The fourth-order valence-electron chi connectivity index (χ4n) is 2.70. The molecule has 1 aromatic carbocycles. The van der Waals surface area contributed by atoms with Gasteiger partial charge < -0.3 is 10.0 Å². The number of nitrogens with zero attached hydrogens (tertiary/aromatic N) is 4. The van der Waals surface area contributed by atoms with E-state index in [0.29, 0.717) is 38.1 Å². The average molecular weight is 365 g/mol. The zero-order chi connectivity index (χ0) is 17.6. The molecule has 0 saturated carbocycles. The highest BCUT2D eigenvalue weighted by atomic mass is 35.5. The van der Waals surface area contributed by atoms with Crippen molar-refractivity contribution in [3.8, 4) is 5.69 Å². The van der Waals surface area contributed by atoms with E-state index in [-0.39, 0.29) is 5.56 Å². The van der Waals surface area contributed by atoms with Crippen LogP contribution in [-0.2, 0) is 0 Å². The third-order valence-electron chi connectivity index (χ3n) is 3.61. The van der Waals surface area contributed by atoms with Crippen molar-refractivity contribution in [2.45, 2.75) is 6.92 Å². The van der Waals surface area contributed by atoms with Crippen molar-refractivity contribution in [3.63, 3.8) is 0 Å². The maximum absolute atomic E-state index is 11.5. The van der Waals surface area contributed by atoms with Gasteiger partial charge in [-0.05, 0) is 25.1 Å². The molecule has 0 radical (unpaired) electrons. The Balaban J connectivity index is 2.38. The lowest BCUT2D eigenvalue weighted by Crippen LogP contribution is -2.15. The van der Waals surface area contributed by atoms with Crippen LogP contribution in [0.3, 0.4) is 0 Å². The van der Waals surface area contributed by atoms with Gasteiger partial charge in [0.25, 0.3) is 0 Å². The van der Waals surface area contributed by atoms with Gasteiger partial charge in [-0.2, -0.15) is 5.10 Å². The van der Waals surface area contributed by atoms with Crippen molar-refractivity contribution in [1.29, 1.82) is 0 Å². The molecule has 8 heteroatoms. The van der Waals surface area contributed by atoms with Crippen LogP contribution in [-0.4, -0.2) is 39.9 Å². The number of rotatable bonds is 3. The number of hydrogen-bond acceptors (Lipinski definition) is 4. The van der Waals surface area contributed by atoms with Crippen molar-refractivity contribution < 1.29 is 9.90 Å². The number of benzene rings is 1. The van der Waals surface area contributed by atoms with Crippen LogP contribution in [0.25, 0.3) is 16.7 Å². The number of aromatic nitrogens is 3. The number of hydrogen-bond donors (Lipinski definition) is 1. The van der Waals surface area contributed by atoms with E-state index in [1.807, 2.05) is 6.92 Å². The number of carboxylic acids is 1. The number of anilines is 1. The zero-order valence-electron chi connectivity index (χ0n) is 13.2. The predicted octanol–water partition coefficient (Wildman–Crippen LogP) is 3.80. The number of fused-ring (bicyclic) bond motifs is 1. The van der Waals surface area contributed by atoms with Gasteiger partial charge in [0.2, 0.25) is 0 Å². The van der Waals surface area contributed by atoms with Gasteiger partial charge in [0.05, 0.1) is 22.5 Å². The molecule has 0 aliphatic rings.